The second-order valence-electron chi connectivity index (χ2n) is 5.46. The van der Waals surface area contributed by atoms with E-state index in [1.807, 2.05) is 4.90 Å². The summed E-state index contributed by atoms with van der Waals surface area (Å²) in [6.45, 7) is 5.92. The third-order valence-electron chi connectivity index (χ3n) is 4.04. The fourth-order valence-electron chi connectivity index (χ4n) is 2.48. The molecule has 2 unspecified atom stereocenters. The molecule has 0 spiro atoms. The van der Waals surface area contributed by atoms with Gasteiger partial charge in [0.1, 0.15) is 0 Å². The van der Waals surface area contributed by atoms with Gasteiger partial charge >= 0.3 is 6.18 Å². The van der Waals surface area contributed by atoms with E-state index in [0.29, 0.717) is 17.5 Å². The van der Waals surface area contributed by atoms with Crippen molar-refractivity contribution >= 4 is 11.4 Å². The van der Waals surface area contributed by atoms with Crippen molar-refractivity contribution in [3.63, 3.8) is 0 Å². The number of nitrogens with two attached hydrogens (primary N) is 1. The van der Waals surface area contributed by atoms with Crippen LogP contribution in [0.5, 0.6) is 0 Å². The predicted octanol–water partition coefficient (Wildman–Crippen LogP) is 3.77. The highest BCUT2D eigenvalue weighted by atomic mass is 19.4. The van der Waals surface area contributed by atoms with Crippen molar-refractivity contribution in [3.8, 4) is 0 Å². The van der Waals surface area contributed by atoms with Crippen LogP contribution in [0, 0.1) is 11.8 Å². The van der Waals surface area contributed by atoms with Crippen LogP contribution in [0.4, 0.5) is 24.5 Å². The van der Waals surface area contributed by atoms with Gasteiger partial charge < -0.3 is 10.6 Å². The quantitative estimate of drug-likeness (QED) is 0.788. The summed E-state index contributed by atoms with van der Waals surface area (Å²) in [7, 11) is 0. The molecule has 1 saturated heterocycles. The number of nitrogen functional groups attached to an aromatic ring is 1. The number of hydrogen-bond acceptors (Lipinski definition) is 2. The molecule has 1 aromatic carbocycles. The van der Waals surface area contributed by atoms with Crippen LogP contribution in [0.1, 0.15) is 25.8 Å². The number of alkyl halides is 3. The molecule has 0 radical (unpaired) electrons. The Kier molecular flexibility index (Phi) is 3.65. The Balaban J connectivity index is 2.27. The van der Waals surface area contributed by atoms with E-state index >= 15 is 0 Å². The first kappa shape index (κ1) is 14.0. The lowest BCUT2D eigenvalue weighted by Gasteiger charge is -2.37. The Morgan fingerprint density at radius 1 is 1.21 bits per heavy atom. The largest absolute Gasteiger partial charge is 0.418 e. The Labute approximate surface area is 111 Å². The molecule has 0 aromatic heterocycles. The first-order chi connectivity index (χ1) is 8.79. The topological polar surface area (TPSA) is 29.3 Å². The van der Waals surface area contributed by atoms with Gasteiger partial charge in [0.25, 0.3) is 0 Å². The van der Waals surface area contributed by atoms with Crippen molar-refractivity contribution in [2.45, 2.75) is 26.4 Å². The zero-order chi connectivity index (χ0) is 14.2. The smallest absolute Gasteiger partial charge is 0.398 e. The lowest BCUT2D eigenvalue weighted by atomic mass is 9.88. The molecule has 0 saturated carbocycles. The van der Waals surface area contributed by atoms with E-state index in [9.17, 15) is 13.2 Å². The van der Waals surface area contributed by atoms with E-state index in [-0.39, 0.29) is 5.69 Å². The minimum absolute atomic E-state index is 0.213. The van der Waals surface area contributed by atoms with Gasteiger partial charge in [-0.3, -0.25) is 0 Å². The van der Waals surface area contributed by atoms with Crippen LogP contribution >= 0.6 is 0 Å². The van der Waals surface area contributed by atoms with Crippen molar-refractivity contribution in [1.82, 2.24) is 0 Å². The van der Waals surface area contributed by atoms with Gasteiger partial charge in [0.2, 0.25) is 0 Å². The number of nitrogens with zero attached hydrogens (tertiary/aromatic N) is 1. The lowest BCUT2D eigenvalue weighted by molar-refractivity contribution is -0.136. The zero-order valence-electron chi connectivity index (χ0n) is 11.2. The Bertz CT molecular complexity index is 456. The van der Waals surface area contributed by atoms with E-state index in [1.54, 1.807) is 6.07 Å². The molecular formula is C14H19F3N2. The fraction of sp³-hybridized carbons (Fsp3) is 0.571. The van der Waals surface area contributed by atoms with Crippen LogP contribution in [0.2, 0.25) is 0 Å². The van der Waals surface area contributed by atoms with Gasteiger partial charge in [-0.05, 0) is 36.5 Å². The Morgan fingerprint density at radius 2 is 1.89 bits per heavy atom. The molecule has 5 heteroatoms. The molecule has 106 valence electrons. The number of rotatable bonds is 1. The third kappa shape index (κ3) is 2.96. The van der Waals surface area contributed by atoms with Gasteiger partial charge in [-0.1, -0.05) is 13.8 Å². The molecule has 1 heterocycles. The number of halogens is 3. The standard InChI is InChI=1S/C14H19F3N2/c1-9-5-6-19(8-10(9)2)11-3-4-13(18)12(7-11)14(15,16)17/h3-4,7,9-10H,5-6,8,18H2,1-2H3. The molecule has 0 bridgehead atoms. The van der Waals surface area contributed by atoms with E-state index < -0.39 is 11.7 Å². The molecule has 1 aliphatic heterocycles. The van der Waals surface area contributed by atoms with Crippen molar-refractivity contribution < 1.29 is 13.2 Å². The maximum absolute atomic E-state index is 12.8. The van der Waals surface area contributed by atoms with Gasteiger partial charge in [0.15, 0.2) is 0 Å². The van der Waals surface area contributed by atoms with E-state index in [1.165, 1.54) is 6.07 Å². The fourth-order valence-corrected chi connectivity index (χ4v) is 2.48. The highest BCUT2D eigenvalue weighted by Gasteiger charge is 2.34. The average molecular weight is 272 g/mol. The monoisotopic (exact) mass is 272 g/mol. The van der Waals surface area contributed by atoms with E-state index in [0.717, 1.165) is 25.6 Å². The van der Waals surface area contributed by atoms with Crippen molar-refractivity contribution in [2.24, 2.45) is 11.8 Å². The summed E-state index contributed by atoms with van der Waals surface area (Å²) in [4.78, 5) is 2.01. The van der Waals surface area contributed by atoms with Crippen LogP contribution in [0.3, 0.4) is 0 Å². The second-order valence-corrected chi connectivity index (χ2v) is 5.46. The number of piperidine rings is 1. The zero-order valence-corrected chi connectivity index (χ0v) is 11.2. The summed E-state index contributed by atoms with van der Waals surface area (Å²) in [5.41, 5.74) is 5.07. The summed E-state index contributed by atoms with van der Waals surface area (Å²) in [5, 5.41) is 0. The van der Waals surface area contributed by atoms with Crippen LogP contribution < -0.4 is 10.6 Å². The lowest BCUT2D eigenvalue weighted by Crippen LogP contribution is -2.38. The van der Waals surface area contributed by atoms with Gasteiger partial charge in [-0.15, -0.1) is 0 Å². The minimum atomic E-state index is -4.39. The molecule has 0 amide bonds. The molecule has 0 aliphatic carbocycles. The maximum atomic E-state index is 12.8. The Morgan fingerprint density at radius 3 is 2.47 bits per heavy atom. The number of anilines is 2. The van der Waals surface area contributed by atoms with Gasteiger partial charge in [-0.2, -0.15) is 13.2 Å². The summed E-state index contributed by atoms with van der Waals surface area (Å²) in [6, 6.07) is 4.19. The average Bonchev–Trinajstić information content (AvgIpc) is 2.32. The van der Waals surface area contributed by atoms with Gasteiger partial charge in [-0.25, -0.2) is 0 Å². The molecule has 2 atom stereocenters. The third-order valence-corrected chi connectivity index (χ3v) is 4.04. The first-order valence-electron chi connectivity index (χ1n) is 6.50. The maximum Gasteiger partial charge on any atom is 0.418 e. The molecule has 2 nitrogen and oxygen atoms in total. The van der Waals surface area contributed by atoms with Crippen molar-refractivity contribution in [3.05, 3.63) is 23.8 Å². The molecule has 2 rings (SSSR count). The van der Waals surface area contributed by atoms with Crippen molar-refractivity contribution in [1.29, 1.82) is 0 Å². The number of benzene rings is 1. The molecule has 1 aliphatic rings. The molecule has 1 fully saturated rings. The van der Waals surface area contributed by atoms with E-state index in [4.69, 9.17) is 5.73 Å². The number of hydrogen-bond donors (Lipinski definition) is 1. The molecule has 2 N–H and O–H groups in total. The van der Waals surface area contributed by atoms with E-state index in [2.05, 4.69) is 13.8 Å². The van der Waals surface area contributed by atoms with Crippen LogP contribution in [0.25, 0.3) is 0 Å². The summed E-state index contributed by atoms with van der Waals surface area (Å²) >= 11 is 0. The Hall–Kier alpha value is -1.39. The SMILES string of the molecule is CC1CCN(c2ccc(N)c(C(F)(F)F)c2)CC1C. The molecule has 1 aromatic rings. The van der Waals surface area contributed by atoms with Crippen LogP contribution in [-0.2, 0) is 6.18 Å². The predicted molar refractivity (Wildman–Crippen MR) is 71.0 cm³/mol. The highest BCUT2D eigenvalue weighted by Crippen LogP contribution is 2.37. The van der Waals surface area contributed by atoms with Crippen LogP contribution in [0.15, 0.2) is 18.2 Å². The summed E-state index contributed by atoms with van der Waals surface area (Å²) in [6.07, 6.45) is -3.39. The normalized spacial score (nSPS) is 24.6. The minimum Gasteiger partial charge on any atom is -0.398 e. The highest BCUT2D eigenvalue weighted by molar-refractivity contribution is 5.59. The van der Waals surface area contributed by atoms with Gasteiger partial charge in [0.05, 0.1) is 5.56 Å². The van der Waals surface area contributed by atoms with Gasteiger partial charge in [0, 0.05) is 24.5 Å². The summed E-state index contributed by atoms with van der Waals surface area (Å²) < 4.78 is 38.5. The summed E-state index contributed by atoms with van der Waals surface area (Å²) in [5.74, 6) is 1.10. The molecule has 19 heavy (non-hydrogen) atoms. The second kappa shape index (κ2) is 4.94. The molecular weight excluding hydrogens is 253 g/mol. The van der Waals surface area contributed by atoms with Crippen molar-refractivity contribution in [2.75, 3.05) is 23.7 Å². The first-order valence-corrected chi connectivity index (χ1v) is 6.50. The van der Waals surface area contributed by atoms with Crippen LogP contribution in [-0.4, -0.2) is 13.1 Å².